The van der Waals surface area contributed by atoms with Crippen molar-refractivity contribution < 1.29 is 17.9 Å². The molecule has 0 radical (unpaired) electrons. The third kappa shape index (κ3) is 6.48. The van der Waals surface area contributed by atoms with Gasteiger partial charge in [-0.15, -0.1) is 0 Å². The van der Waals surface area contributed by atoms with Crippen LogP contribution in [0.5, 0.6) is 0 Å². The highest BCUT2D eigenvalue weighted by Crippen LogP contribution is 2.48. The minimum atomic E-state index is -2.79. The Balaban J connectivity index is 1.20. The maximum atomic E-state index is 15.0. The Kier molecular flexibility index (Phi) is 8.71. The van der Waals surface area contributed by atoms with Gasteiger partial charge >= 0.3 is 0 Å². The molecule has 3 aliphatic rings. The summed E-state index contributed by atoms with van der Waals surface area (Å²) in [5, 5.41) is -0.0175. The third-order valence-corrected chi connectivity index (χ3v) is 9.54. The monoisotopic (exact) mass is 484 g/mol. The molecule has 3 aliphatic carbocycles. The number of rotatable bonds is 7. The molecule has 1 aromatic rings. The lowest BCUT2D eigenvalue weighted by Gasteiger charge is -2.42. The van der Waals surface area contributed by atoms with E-state index in [0.717, 1.165) is 49.2 Å². The van der Waals surface area contributed by atoms with Crippen LogP contribution in [0.2, 0.25) is 5.02 Å². The molecule has 0 aliphatic heterocycles. The molecule has 0 amide bonds. The van der Waals surface area contributed by atoms with Crippen molar-refractivity contribution in [2.75, 3.05) is 13.7 Å². The van der Waals surface area contributed by atoms with Crippen molar-refractivity contribution in [3.63, 3.8) is 0 Å². The molecular weight excluding hydrogens is 445 g/mol. The quantitative estimate of drug-likeness (QED) is 0.376. The lowest BCUT2D eigenvalue weighted by atomic mass is 9.64. The molecule has 0 N–H and O–H groups in total. The summed E-state index contributed by atoms with van der Waals surface area (Å²) in [4.78, 5) is 0. The molecule has 33 heavy (non-hydrogen) atoms. The molecule has 5 heteroatoms. The van der Waals surface area contributed by atoms with E-state index in [4.69, 9.17) is 16.3 Å². The second kappa shape index (κ2) is 11.3. The average molecular weight is 485 g/mol. The van der Waals surface area contributed by atoms with Gasteiger partial charge in [0.15, 0.2) is 0 Å². The number of hydrogen-bond donors (Lipinski definition) is 0. The van der Waals surface area contributed by atoms with Crippen molar-refractivity contribution in [3.8, 4) is 0 Å². The summed E-state index contributed by atoms with van der Waals surface area (Å²) in [7, 11) is 1.81. The van der Waals surface area contributed by atoms with Crippen LogP contribution >= 0.6 is 11.6 Å². The number of alkyl halides is 2. The predicted molar refractivity (Wildman–Crippen MR) is 128 cm³/mol. The average Bonchev–Trinajstić information content (AvgIpc) is 2.82. The molecule has 1 aromatic carbocycles. The molecule has 0 heterocycles. The minimum Gasteiger partial charge on any atom is -0.384 e. The number of ether oxygens (including phenoxy) is 1. The van der Waals surface area contributed by atoms with E-state index in [1.165, 1.54) is 63.5 Å². The van der Waals surface area contributed by atoms with Gasteiger partial charge in [-0.2, -0.15) is 0 Å². The Bertz CT molecular complexity index is 746. The van der Waals surface area contributed by atoms with Gasteiger partial charge < -0.3 is 4.74 Å². The number of methoxy groups -OCH3 is 1. The fourth-order valence-corrected chi connectivity index (χ4v) is 7.35. The van der Waals surface area contributed by atoms with Crippen LogP contribution in [0.1, 0.15) is 82.6 Å². The molecule has 0 saturated heterocycles. The van der Waals surface area contributed by atoms with E-state index in [0.29, 0.717) is 24.3 Å². The maximum Gasteiger partial charge on any atom is 0.254 e. The lowest BCUT2D eigenvalue weighted by Crippen LogP contribution is -2.36. The number of hydrogen-bond acceptors (Lipinski definition) is 1. The first-order valence-electron chi connectivity index (χ1n) is 13.2. The zero-order valence-electron chi connectivity index (χ0n) is 20.0. The van der Waals surface area contributed by atoms with Gasteiger partial charge in [0.25, 0.3) is 5.92 Å². The highest BCUT2D eigenvalue weighted by molar-refractivity contribution is 6.30. The smallest absolute Gasteiger partial charge is 0.254 e. The Morgan fingerprint density at radius 3 is 1.79 bits per heavy atom. The Morgan fingerprint density at radius 1 is 0.818 bits per heavy atom. The van der Waals surface area contributed by atoms with Crippen LogP contribution in [-0.4, -0.2) is 19.6 Å². The molecule has 0 bridgehead atoms. The molecule has 4 rings (SSSR count). The van der Waals surface area contributed by atoms with Crippen molar-refractivity contribution in [3.05, 3.63) is 34.6 Å². The van der Waals surface area contributed by atoms with Gasteiger partial charge in [-0.25, -0.2) is 13.2 Å². The molecule has 0 atom stereocenters. The van der Waals surface area contributed by atoms with Crippen molar-refractivity contribution in [1.82, 2.24) is 0 Å². The SMILES string of the molecule is COCC1CCC(C2CCC(C3CCC(C(F)(F)Cc4ccc(Cl)c(F)c4)CC3)CC2)CC1. The van der Waals surface area contributed by atoms with Gasteiger partial charge in [-0.3, -0.25) is 0 Å². The first kappa shape index (κ1) is 25.4. The molecule has 1 nitrogen and oxygen atoms in total. The van der Waals surface area contributed by atoms with Gasteiger partial charge in [0, 0.05) is 26.1 Å². The van der Waals surface area contributed by atoms with E-state index >= 15 is 0 Å². The first-order valence-corrected chi connectivity index (χ1v) is 13.5. The number of halogens is 4. The Hall–Kier alpha value is -0.740. The Labute approximate surface area is 202 Å². The molecular formula is C28H40ClF3O. The van der Waals surface area contributed by atoms with Crippen LogP contribution in [0.4, 0.5) is 13.2 Å². The highest BCUT2D eigenvalue weighted by atomic mass is 35.5. The predicted octanol–water partition coefficient (Wildman–Crippen LogP) is 8.72. The molecule has 0 aromatic heterocycles. The second-order valence-electron chi connectivity index (χ2n) is 11.2. The summed E-state index contributed by atoms with van der Waals surface area (Å²) in [5.74, 6) is -0.122. The number of benzene rings is 1. The van der Waals surface area contributed by atoms with Crippen molar-refractivity contribution in [2.24, 2.45) is 35.5 Å². The fourth-order valence-electron chi connectivity index (χ4n) is 7.23. The first-order chi connectivity index (χ1) is 15.9. The standard InChI is InChI=1S/C28H40ClF3O/c1-33-18-19-2-5-21(6-3-19)22-7-9-23(10-8-22)24-11-13-25(14-12-24)28(31,32)17-20-4-15-26(29)27(30)16-20/h4,15-16,19,21-25H,2-3,5-14,17-18H2,1H3. The van der Waals surface area contributed by atoms with Crippen LogP contribution in [0.25, 0.3) is 0 Å². The molecule has 0 unspecified atom stereocenters. The fraction of sp³-hybridized carbons (Fsp3) is 0.786. The summed E-state index contributed by atoms with van der Waals surface area (Å²) < 4.78 is 48.9. The van der Waals surface area contributed by atoms with Crippen LogP contribution in [0, 0.1) is 41.3 Å². The van der Waals surface area contributed by atoms with Gasteiger partial charge in [-0.05, 0) is 124 Å². The lowest BCUT2D eigenvalue weighted by molar-refractivity contribution is -0.0779. The molecule has 0 spiro atoms. The van der Waals surface area contributed by atoms with E-state index in [9.17, 15) is 13.2 Å². The van der Waals surface area contributed by atoms with Crippen molar-refractivity contribution >= 4 is 11.6 Å². The summed E-state index contributed by atoms with van der Waals surface area (Å²) in [5.41, 5.74) is 0.332. The molecule has 3 fully saturated rings. The summed E-state index contributed by atoms with van der Waals surface area (Å²) in [6.07, 6.45) is 13.3. The highest BCUT2D eigenvalue weighted by Gasteiger charge is 2.43. The maximum absolute atomic E-state index is 15.0. The summed E-state index contributed by atoms with van der Waals surface area (Å²) in [6, 6.07) is 4.05. The zero-order valence-corrected chi connectivity index (χ0v) is 20.8. The third-order valence-electron chi connectivity index (χ3n) is 9.24. The molecule has 3 saturated carbocycles. The van der Waals surface area contributed by atoms with Gasteiger partial charge in [0.1, 0.15) is 5.82 Å². The van der Waals surface area contributed by atoms with Crippen LogP contribution in [0.15, 0.2) is 18.2 Å². The minimum absolute atomic E-state index is 0.0175. The Morgan fingerprint density at radius 2 is 1.30 bits per heavy atom. The van der Waals surface area contributed by atoms with Crippen LogP contribution in [-0.2, 0) is 11.2 Å². The van der Waals surface area contributed by atoms with Crippen molar-refractivity contribution in [1.29, 1.82) is 0 Å². The zero-order chi connectivity index (χ0) is 23.4. The van der Waals surface area contributed by atoms with Crippen molar-refractivity contribution in [2.45, 2.75) is 89.4 Å². The van der Waals surface area contributed by atoms with Crippen LogP contribution in [0.3, 0.4) is 0 Å². The topological polar surface area (TPSA) is 9.23 Å². The van der Waals surface area contributed by atoms with Crippen LogP contribution < -0.4 is 0 Å². The van der Waals surface area contributed by atoms with Gasteiger partial charge in [0.2, 0.25) is 0 Å². The normalized spacial score (nSPS) is 33.7. The van der Waals surface area contributed by atoms with E-state index in [1.54, 1.807) is 0 Å². The van der Waals surface area contributed by atoms with E-state index < -0.39 is 24.1 Å². The van der Waals surface area contributed by atoms with E-state index in [1.807, 2.05) is 7.11 Å². The largest absolute Gasteiger partial charge is 0.384 e. The van der Waals surface area contributed by atoms with Gasteiger partial charge in [0.05, 0.1) is 5.02 Å². The molecule has 186 valence electrons. The second-order valence-corrected chi connectivity index (χ2v) is 11.6. The van der Waals surface area contributed by atoms with Gasteiger partial charge in [-0.1, -0.05) is 17.7 Å². The van der Waals surface area contributed by atoms with E-state index in [2.05, 4.69) is 0 Å². The summed E-state index contributed by atoms with van der Waals surface area (Å²) in [6.45, 7) is 0.914. The summed E-state index contributed by atoms with van der Waals surface area (Å²) >= 11 is 5.69. The van der Waals surface area contributed by atoms with E-state index in [-0.39, 0.29) is 5.02 Å².